The number of benzene rings is 1. The molecule has 11 nitrogen and oxygen atoms in total. The lowest BCUT2D eigenvalue weighted by atomic mass is 10.0. The van der Waals surface area contributed by atoms with E-state index in [1.54, 1.807) is 24.3 Å². The zero-order chi connectivity index (χ0) is 24.4. The number of aliphatic carboxylic acids is 1. The standard InChI is InChI=1S/C20H30N4O7S/c1-10(25)15(18(28)22-14(9-32)20(30)31)24-19(29)16(11(2)26)23-17(27)13(21)8-12-6-4-3-5-7-12/h3-7,10-11,13-16,25-26,32H,8-9,21H2,1-2H3,(H,22,28)(H,23,27)(H,24,29)(H,30,31). The molecular weight excluding hydrogens is 440 g/mol. The Morgan fingerprint density at radius 1 is 0.906 bits per heavy atom. The molecule has 6 atom stereocenters. The zero-order valence-electron chi connectivity index (χ0n) is 17.8. The summed E-state index contributed by atoms with van der Waals surface area (Å²) in [5.41, 5.74) is 6.70. The molecule has 0 fully saturated rings. The highest BCUT2D eigenvalue weighted by atomic mass is 32.1. The zero-order valence-corrected chi connectivity index (χ0v) is 18.7. The molecular formula is C20H30N4O7S. The molecule has 6 unspecified atom stereocenters. The van der Waals surface area contributed by atoms with Crippen molar-refractivity contribution in [1.29, 1.82) is 0 Å². The molecule has 0 bridgehead atoms. The van der Waals surface area contributed by atoms with Crippen LogP contribution in [0.1, 0.15) is 19.4 Å². The molecule has 1 aromatic carbocycles. The van der Waals surface area contributed by atoms with E-state index in [0.717, 1.165) is 5.56 Å². The minimum atomic E-state index is -1.54. The van der Waals surface area contributed by atoms with E-state index in [1.165, 1.54) is 13.8 Å². The molecule has 8 N–H and O–H groups in total. The van der Waals surface area contributed by atoms with Crippen molar-refractivity contribution in [2.75, 3.05) is 5.75 Å². The van der Waals surface area contributed by atoms with Gasteiger partial charge in [0, 0.05) is 5.75 Å². The predicted molar refractivity (Wildman–Crippen MR) is 119 cm³/mol. The molecule has 0 aliphatic carbocycles. The van der Waals surface area contributed by atoms with Crippen LogP contribution in [0.15, 0.2) is 30.3 Å². The van der Waals surface area contributed by atoms with Crippen molar-refractivity contribution in [1.82, 2.24) is 16.0 Å². The minimum absolute atomic E-state index is 0.194. The van der Waals surface area contributed by atoms with Gasteiger partial charge in [-0.3, -0.25) is 14.4 Å². The smallest absolute Gasteiger partial charge is 0.327 e. The minimum Gasteiger partial charge on any atom is -0.480 e. The maximum absolute atomic E-state index is 12.7. The van der Waals surface area contributed by atoms with Crippen LogP contribution >= 0.6 is 12.6 Å². The first kappa shape index (κ1) is 27.4. The molecule has 1 aromatic rings. The van der Waals surface area contributed by atoms with E-state index in [-0.39, 0.29) is 12.2 Å². The summed E-state index contributed by atoms with van der Waals surface area (Å²) in [7, 11) is 0. The SMILES string of the molecule is CC(O)C(NC(=O)C(N)Cc1ccccc1)C(=O)NC(C(=O)NC(CS)C(=O)O)C(C)O. The first-order chi connectivity index (χ1) is 15.0. The number of thiol groups is 1. The Hall–Kier alpha value is -2.67. The molecule has 0 spiro atoms. The second kappa shape index (κ2) is 13.0. The van der Waals surface area contributed by atoms with Crippen LogP contribution in [-0.4, -0.2) is 81.1 Å². The molecule has 12 heteroatoms. The number of aliphatic hydroxyl groups excluding tert-OH is 2. The first-order valence-electron chi connectivity index (χ1n) is 9.88. The van der Waals surface area contributed by atoms with E-state index in [0.29, 0.717) is 0 Å². The number of amides is 3. The lowest BCUT2D eigenvalue weighted by Crippen LogP contribution is -2.62. The van der Waals surface area contributed by atoms with E-state index in [1.807, 2.05) is 6.07 Å². The molecule has 0 saturated carbocycles. The van der Waals surface area contributed by atoms with Crippen molar-refractivity contribution >= 4 is 36.3 Å². The third kappa shape index (κ3) is 8.46. The summed E-state index contributed by atoms with van der Waals surface area (Å²) in [5.74, 6) is -4.18. The Morgan fingerprint density at radius 3 is 1.81 bits per heavy atom. The monoisotopic (exact) mass is 470 g/mol. The maximum atomic E-state index is 12.7. The summed E-state index contributed by atoms with van der Waals surface area (Å²) in [6.45, 7) is 2.47. The van der Waals surface area contributed by atoms with Crippen LogP contribution in [0, 0.1) is 0 Å². The van der Waals surface area contributed by atoms with Gasteiger partial charge in [-0.25, -0.2) is 4.79 Å². The molecule has 0 aliphatic rings. The second-order valence-corrected chi connectivity index (χ2v) is 7.70. The number of aliphatic hydroxyl groups is 2. The van der Waals surface area contributed by atoms with Gasteiger partial charge in [0.2, 0.25) is 17.7 Å². The van der Waals surface area contributed by atoms with Crippen LogP contribution in [0.5, 0.6) is 0 Å². The van der Waals surface area contributed by atoms with Crippen LogP contribution in [0.4, 0.5) is 0 Å². The van der Waals surface area contributed by atoms with E-state index in [9.17, 15) is 29.4 Å². The number of carbonyl (C=O) groups excluding carboxylic acids is 3. The summed E-state index contributed by atoms with van der Waals surface area (Å²) in [5, 5.41) is 35.6. The van der Waals surface area contributed by atoms with E-state index >= 15 is 0 Å². The third-order valence-corrected chi connectivity index (χ3v) is 4.92. The number of rotatable bonds is 12. The highest BCUT2D eigenvalue weighted by Crippen LogP contribution is 2.04. The molecule has 0 aromatic heterocycles. The van der Waals surface area contributed by atoms with Gasteiger partial charge in [-0.2, -0.15) is 12.6 Å². The van der Waals surface area contributed by atoms with Gasteiger partial charge in [0.15, 0.2) is 0 Å². The number of nitrogens with two attached hydrogens (primary N) is 1. The van der Waals surface area contributed by atoms with Crippen LogP contribution in [0.3, 0.4) is 0 Å². The van der Waals surface area contributed by atoms with E-state index in [2.05, 4.69) is 28.6 Å². The normalized spacial score (nSPS) is 16.6. The van der Waals surface area contributed by atoms with Gasteiger partial charge >= 0.3 is 5.97 Å². The molecule has 0 radical (unpaired) electrons. The number of carbonyl (C=O) groups is 4. The molecule has 178 valence electrons. The molecule has 0 aliphatic heterocycles. The summed E-state index contributed by atoms with van der Waals surface area (Å²) in [6.07, 6.45) is -2.57. The third-order valence-electron chi connectivity index (χ3n) is 4.56. The Balaban J connectivity index is 2.85. The average molecular weight is 471 g/mol. The number of hydrogen-bond donors (Lipinski definition) is 8. The van der Waals surface area contributed by atoms with Crippen LogP contribution < -0.4 is 21.7 Å². The summed E-state index contributed by atoms with van der Waals surface area (Å²) < 4.78 is 0. The van der Waals surface area contributed by atoms with Gasteiger partial charge in [-0.15, -0.1) is 0 Å². The van der Waals surface area contributed by atoms with Gasteiger partial charge in [-0.05, 0) is 25.8 Å². The van der Waals surface area contributed by atoms with Gasteiger partial charge < -0.3 is 37.0 Å². The largest absolute Gasteiger partial charge is 0.480 e. The lowest BCUT2D eigenvalue weighted by Gasteiger charge is -2.27. The molecule has 3 amide bonds. The lowest BCUT2D eigenvalue weighted by molar-refractivity contribution is -0.142. The van der Waals surface area contributed by atoms with Crippen molar-refractivity contribution in [3.8, 4) is 0 Å². The highest BCUT2D eigenvalue weighted by Gasteiger charge is 2.34. The Morgan fingerprint density at radius 2 is 1.38 bits per heavy atom. The summed E-state index contributed by atoms with van der Waals surface area (Å²) in [4.78, 5) is 48.6. The molecule has 0 heterocycles. The number of carboxylic acid groups (broad SMARTS) is 1. The average Bonchev–Trinajstić information content (AvgIpc) is 2.73. The van der Waals surface area contributed by atoms with Gasteiger partial charge in [0.1, 0.15) is 18.1 Å². The topological polar surface area (TPSA) is 191 Å². The van der Waals surface area contributed by atoms with Gasteiger partial charge in [0.25, 0.3) is 0 Å². The van der Waals surface area contributed by atoms with Crippen molar-refractivity contribution in [3.63, 3.8) is 0 Å². The molecule has 32 heavy (non-hydrogen) atoms. The Bertz CT molecular complexity index is 791. The fourth-order valence-corrected chi connectivity index (χ4v) is 2.97. The van der Waals surface area contributed by atoms with Crippen molar-refractivity contribution < 1.29 is 34.5 Å². The number of hydrogen-bond acceptors (Lipinski definition) is 8. The van der Waals surface area contributed by atoms with Crippen LogP contribution in [0.2, 0.25) is 0 Å². The summed E-state index contributed by atoms with van der Waals surface area (Å²) >= 11 is 3.83. The van der Waals surface area contributed by atoms with E-state index in [4.69, 9.17) is 10.8 Å². The number of nitrogens with one attached hydrogen (secondary N) is 3. The number of carboxylic acids is 1. The Labute approximate surface area is 191 Å². The fourth-order valence-electron chi connectivity index (χ4n) is 2.72. The van der Waals surface area contributed by atoms with Crippen LogP contribution in [-0.2, 0) is 25.6 Å². The van der Waals surface area contributed by atoms with Crippen molar-refractivity contribution in [2.24, 2.45) is 5.73 Å². The maximum Gasteiger partial charge on any atom is 0.327 e. The fraction of sp³-hybridized carbons (Fsp3) is 0.500. The van der Waals surface area contributed by atoms with Crippen LogP contribution in [0.25, 0.3) is 0 Å². The molecule has 0 saturated heterocycles. The quantitative estimate of drug-likeness (QED) is 0.158. The van der Waals surface area contributed by atoms with E-state index < -0.39 is 60.1 Å². The van der Waals surface area contributed by atoms with Crippen molar-refractivity contribution in [3.05, 3.63) is 35.9 Å². The second-order valence-electron chi connectivity index (χ2n) is 7.33. The van der Waals surface area contributed by atoms with Gasteiger partial charge in [0.05, 0.1) is 18.2 Å². The highest BCUT2D eigenvalue weighted by molar-refractivity contribution is 7.80. The summed E-state index contributed by atoms with van der Waals surface area (Å²) in [6, 6.07) is 3.60. The van der Waals surface area contributed by atoms with Crippen molar-refractivity contribution in [2.45, 2.75) is 56.6 Å². The molecule has 1 rings (SSSR count). The van der Waals surface area contributed by atoms with Gasteiger partial charge in [-0.1, -0.05) is 30.3 Å². The predicted octanol–water partition coefficient (Wildman–Crippen LogP) is -2.21. The first-order valence-corrected chi connectivity index (χ1v) is 10.5. The Kier molecular flexibility index (Phi) is 11.1.